The first-order chi connectivity index (χ1) is 8.97. The maximum absolute atomic E-state index is 11.4. The van der Waals surface area contributed by atoms with Crippen molar-refractivity contribution in [3.05, 3.63) is 29.8 Å². The van der Waals surface area contributed by atoms with Gasteiger partial charge in [-0.25, -0.2) is 4.79 Å². The first kappa shape index (κ1) is 15.0. The van der Waals surface area contributed by atoms with Crippen LogP contribution in [0.2, 0.25) is 0 Å². The van der Waals surface area contributed by atoms with Crippen LogP contribution in [-0.4, -0.2) is 18.5 Å². The Labute approximate surface area is 112 Å². The van der Waals surface area contributed by atoms with E-state index in [9.17, 15) is 9.59 Å². The molecule has 19 heavy (non-hydrogen) atoms. The summed E-state index contributed by atoms with van der Waals surface area (Å²) in [5.74, 6) is -0.182. The van der Waals surface area contributed by atoms with Crippen LogP contribution in [-0.2, 0) is 14.4 Å². The van der Waals surface area contributed by atoms with E-state index >= 15 is 0 Å². The maximum atomic E-state index is 11.4. The Morgan fingerprint density at radius 3 is 2.42 bits per heavy atom. The molecular weight excluding hydrogens is 246 g/mol. The zero-order valence-corrected chi connectivity index (χ0v) is 11.4. The smallest absolute Gasteiger partial charge is 0.332 e. The van der Waals surface area contributed by atoms with Crippen LogP contribution >= 0.6 is 0 Å². The van der Waals surface area contributed by atoms with E-state index in [4.69, 9.17) is 4.74 Å². The van der Waals surface area contributed by atoms with Gasteiger partial charge in [0.05, 0.1) is 6.42 Å². The van der Waals surface area contributed by atoms with E-state index in [-0.39, 0.29) is 18.9 Å². The summed E-state index contributed by atoms with van der Waals surface area (Å²) in [7, 11) is 0. The second-order valence-electron chi connectivity index (χ2n) is 4.70. The van der Waals surface area contributed by atoms with Gasteiger partial charge in [0.25, 0.3) is 5.91 Å². The van der Waals surface area contributed by atoms with Crippen LogP contribution in [0.1, 0.15) is 25.8 Å². The summed E-state index contributed by atoms with van der Waals surface area (Å²) in [6, 6.07) is 7.31. The number of carbonyl (C=O) groups excluding carboxylic acids is 2. The van der Waals surface area contributed by atoms with Crippen molar-refractivity contribution < 1.29 is 19.2 Å². The molecule has 0 radical (unpaired) electrons. The van der Waals surface area contributed by atoms with Crippen molar-refractivity contribution in [2.45, 2.75) is 27.2 Å². The largest absolute Gasteiger partial charge is 0.484 e. The minimum atomic E-state index is -0.502. The lowest BCUT2D eigenvalue weighted by atomic mass is 10.1. The molecule has 0 aliphatic rings. The molecule has 0 saturated heterocycles. The van der Waals surface area contributed by atoms with Gasteiger partial charge in [-0.3, -0.25) is 4.79 Å². The van der Waals surface area contributed by atoms with E-state index in [1.165, 1.54) is 0 Å². The van der Waals surface area contributed by atoms with E-state index in [0.29, 0.717) is 5.75 Å². The summed E-state index contributed by atoms with van der Waals surface area (Å²) in [6.45, 7) is 5.55. The molecule has 5 heteroatoms. The number of nitrogens with one attached hydrogen (secondary N) is 1. The van der Waals surface area contributed by atoms with E-state index in [1.807, 2.05) is 32.9 Å². The normalized spacial score (nSPS) is 10.1. The average Bonchev–Trinajstić information content (AvgIpc) is 2.35. The molecule has 104 valence electrons. The highest BCUT2D eigenvalue weighted by Gasteiger charge is 2.09. The molecule has 0 aliphatic heterocycles. The number of benzene rings is 1. The Hall–Kier alpha value is -2.04. The van der Waals surface area contributed by atoms with E-state index in [1.54, 1.807) is 12.1 Å². The third-order valence-corrected chi connectivity index (χ3v) is 2.24. The van der Waals surface area contributed by atoms with Crippen molar-refractivity contribution in [3.63, 3.8) is 0 Å². The van der Waals surface area contributed by atoms with Crippen LogP contribution in [0.3, 0.4) is 0 Å². The number of ether oxygens (including phenoxy) is 1. The first-order valence-electron chi connectivity index (χ1n) is 6.15. The number of carbonyl (C=O) groups is 2. The quantitative estimate of drug-likeness (QED) is 0.827. The van der Waals surface area contributed by atoms with Crippen molar-refractivity contribution >= 4 is 11.9 Å². The molecule has 0 aromatic heterocycles. The van der Waals surface area contributed by atoms with Crippen LogP contribution in [0.25, 0.3) is 0 Å². The fourth-order valence-electron chi connectivity index (χ4n) is 1.30. The zero-order chi connectivity index (χ0) is 14.3. The predicted molar refractivity (Wildman–Crippen MR) is 70.4 cm³/mol. The molecule has 5 nitrogen and oxygen atoms in total. The van der Waals surface area contributed by atoms with E-state index in [0.717, 1.165) is 5.56 Å². The van der Waals surface area contributed by atoms with Gasteiger partial charge in [-0.2, -0.15) is 5.48 Å². The van der Waals surface area contributed by atoms with Crippen molar-refractivity contribution in [1.82, 2.24) is 5.48 Å². The fraction of sp³-hybridized carbons (Fsp3) is 0.429. The molecule has 1 rings (SSSR count). The molecule has 1 amide bonds. The highest BCUT2D eigenvalue weighted by atomic mass is 16.7. The van der Waals surface area contributed by atoms with Crippen LogP contribution in [0.5, 0.6) is 5.75 Å². The summed E-state index contributed by atoms with van der Waals surface area (Å²) >= 11 is 0. The van der Waals surface area contributed by atoms with E-state index in [2.05, 4.69) is 10.3 Å². The molecule has 1 N–H and O–H groups in total. The Balaban J connectivity index is 2.24. The molecular formula is C14H19NO4. The van der Waals surface area contributed by atoms with E-state index < -0.39 is 11.9 Å². The average molecular weight is 265 g/mol. The van der Waals surface area contributed by atoms with Crippen LogP contribution in [0, 0.1) is 12.8 Å². The predicted octanol–water partition coefficient (Wildman–Crippen LogP) is 1.99. The van der Waals surface area contributed by atoms with Gasteiger partial charge in [0.2, 0.25) is 0 Å². The lowest BCUT2D eigenvalue weighted by molar-refractivity contribution is -0.159. The molecule has 0 saturated carbocycles. The van der Waals surface area contributed by atoms with Crippen LogP contribution in [0.4, 0.5) is 0 Å². The minimum absolute atomic E-state index is 0.188. The Morgan fingerprint density at radius 1 is 1.21 bits per heavy atom. The maximum Gasteiger partial charge on any atom is 0.332 e. The summed E-state index contributed by atoms with van der Waals surface area (Å²) in [4.78, 5) is 27.2. The molecule has 0 unspecified atom stereocenters. The zero-order valence-electron chi connectivity index (χ0n) is 11.4. The topological polar surface area (TPSA) is 64.6 Å². The molecule has 1 aromatic rings. The van der Waals surface area contributed by atoms with Gasteiger partial charge < -0.3 is 9.57 Å². The summed E-state index contributed by atoms with van der Waals surface area (Å²) in [6.07, 6.45) is 0.263. The van der Waals surface area contributed by atoms with Crippen LogP contribution < -0.4 is 10.2 Å². The van der Waals surface area contributed by atoms with Crippen molar-refractivity contribution in [1.29, 1.82) is 0 Å². The van der Waals surface area contributed by atoms with Crippen LogP contribution in [0.15, 0.2) is 24.3 Å². The first-order valence-corrected chi connectivity index (χ1v) is 6.15. The molecule has 0 fully saturated rings. The number of hydroxylamine groups is 1. The Kier molecular flexibility index (Phi) is 5.85. The molecule has 0 atom stereocenters. The monoisotopic (exact) mass is 265 g/mol. The molecule has 0 bridgehead atoms. The summed E-state index contributed by atoms with van der Waals surface area (Å²) in [5, 5.41) is 0. The number of hydrogen-bond acceptors (Lipinski definition) is 4. The van der Waals surface area contributed by atoms with Gasteiger partial charge in [0, 0.05) is 0 Å². The SMILES string of the molecule is Cc1ccc(OCC(=O)NOC(=O)CC(C)C)cc1. The summed E-state index contributed by atoms with van der Waals surface area (Å²) < 4.78 is 5.23. The number of hydrogen-bond donors (Lipinski definition) is 1. The van der Waals surface area contributed by atoms with Crippen molar-refractivity contribution in [2.75, 3.05) is 6.61 Å². The van der Waals surface area contributed by atoms with Crippen molar-refractivity contribution in [3.8, 4) is 5.75 Å². The standard InChI is InChI=1S/C14H19NO4/c1-10(2)8-14(17)19-15-13(16)9-18-12-6-4-11(3)5-7-12/h4-7,10H,8-9H2,1-3H3,(H,15,16). The molecule has 1 aromatic carbocycles. The number of amides is 1. The Bertz CT molecular complexity index is 426. The fourth-order valence-corrected chi connectivity index (χ4v) is 1.30. The van der Waals surface area contributed by atoms with Gasteiger partial charge in [0.15, 0.2) is 6.61 Å². The second-order valence-corrected chi connectivity index (χ2v) is 4.70. The third kappa shape index (κ3) is 6.45. The minimum Gasteiger partial charge on any atom is -0.484 e. The van der Waals surface area contributed by atoms with Gasteiger partial charge >= 0.3 is 5.97 Å². The lowest BCUT2D eigenvalue weighted by Crippen LogP contribution is -2.31. The molecule has 0 heterocycles. The van der Waals surface area contributed by atoms with Gasteiger partial charge in [-0.05, 0) is 25.0 Å². The number of aryl methyl sites for hydroxylation is 1. The third-order valence-electron chi connectivity index (χ3n) is 2.24. The Morgan fingerprint density at radius 2 is 1.84 bits per heavy atom. The second kappa shape index (κ2) is 7.41. The summed E-state index contributed by atoms with van der Waals surface area (Å²) in [5.41, 5.74) is 3.17. The van der Waals surface area contributed by atoms with Gasteiger partial charge in [-0.1, -0.05) is 31.5 Å². The lowest BCUT2D eigenvalue weighted by Gasteiger charge is -2.08. The van der Waals surface area contributed by atoms with Crippen molar-refractivity contribution in [2.24, 2.45) is 5.92 Å². The van der Waals surface area contributed by atoms with Gasteiger partial charge in [-0.15, -0.1) is 0 Å². The molecule has 0 aliphatic carbocycles. The molecule has 0 spiro atoms. The number of rotatable bonds is 5. The highest BCUT2D eigenvalue weighted by molar-refractivity contribution is 5.79. The van der Waals surface area contributed by atoms with Gasteiger partial charge in [0.1, 0.15) is 5.75 Å². The highest BCUT2D eigenvalue weighted by Crippen LogP contribution is 2.10.